The predicted molar refractivity (Wildman–Crippen MR) is 159 cm³/mol. The molecule has 7 nitrogen and oxygen atoms in total. The van der Waals surface area contributed by atoms with Gasteiger partial charge in [-0.1, -0.05) is 55.9 Å². The maximum atomic E-state index is 12.7. The monoisotopic (exact) mass is 589 g/mol. The largest absolute Gasteiger partial charge is 0.573 e. The van der Waals surface area contributed by atoms with Crippen molar-refractivity contribution in [3.8, 4) is 28.4 Å². The first-order valence-electron chi connectivity index (χ1n) is 13.4. The fraction of sp³-hybridized carbons (Fsp3) is 0.226. The third kappa shape index (κ3) is 5.56. The van der Waals surface area contributed by atoms with Crippen LogP contribution in [0.15, 0.2) is 83.1 Å². The van der Waals surface area contributed by atoms with Crippen molar-refractivity contribution in [2.24, 2.45) is 10.2 Å². The zero-order chi connectivity index (χ0) is 29.4. The van der Waals surface area contributed by atoms with Crippen LogP contribution in [-0.2, 0) is 17.8 Å². The van der Waals surface area contributed by atoms with Gasteiger partial charge in [0.15, 0.2) is 5.17 Å². The van der Waals surface area contributed by atoms with Crippen LogP contribution in [0.2, 0.25) is 0 Å². The number of carbonyl (C=O) groups is 1. The van der Waals surface area contributed by atoms with Crippen LogP contribution in [0.3, 0.4) is 0 Å². The number of hydrogen-bond donors (Lipinski definition) is 0. The zero-order valence-electron chi connectivity index (χ0n) is 22.8. The number of rotatable bonds is 6. The Morgan fingerprint density at radius 3 is 2.62 bits per heavy atom. The van der Waals surface area contributed by atoms with E-state index in [-0.39, 0.29) is 17.6 Å². The molecule has 1 fully saturated rings. The van der Waals surface area contributed by atoms with E-state index in [4.69, 9.17) is 0 Å². The van der Waals surface area contributed by atoms with Crippen molar-refractivity contribution in [1.82, 2.24) is 9.55 Å². The number of benzene rings is 3. The molecular weight excluding hydrogens is 563 g/mol. The Kier molecular flexibility index (Phi) is 7.36. The predicted octanol–water partition coefficient (Wildman–Crippen LogP) is 7.27. The number of alkyl halides is 3. The van der Waals surface area contributed by atoms with Crippen molar-refractivity contribution < 1.29 is 22.7 Å². The second-order valence-electron chi connectivity index (χ2n) is 10.2. The Bertz CT molecular complexity index is 1710. The molecule has 0 N–H and O–H groups in total. The number of para-hydroxylation sites is 1. The fourth-order valence-electron chi connectivity index (χ4n) is 5.22. The van der Waals surface area contributed by atoms with Crippen LogP contribution in [0.1, 0.15) is 36.5 Å². The summed E-state index contributed by atoms with van der Waals surface area (Å²) in [5.74, 6) is 1.09. The number of hydrogen-bond acceptors (Lipinski definition) is 6. The summed E-state index contributed by atoms with van der Waals surface area (Å²) in [5.41, 5.74) is 6.47. The van der Waals surface area contributed by atoms with Gasteiger partial charge in [-0.3, -0.25) is 9.69 Å². The Morgan fingerprint density at radius 1 is 1.07 bits per heavy atom. The standard InChI is InChI=1S/C31H26F3N5O2S/c1-19(2)24-5-3-4-6-26(24)39-28(40)18-42-30(39)37-36-16-20-7-12-25-22(15-20)13-14-38-27(17-35-29(25)38)21-8-10-23(11-9-21)41-31(32,33)34/h3-12,15-17,19H,13-14,18H2,1-2H3/b36-16+,37-30-. The number of thioether (sulfide) groups is 1. The summed E-state index contributed by atoms with van der Waals surface area (Å²) in [5, 5.41) is 9.28. The molecule has 3 heterocycles. The number of ether oxygens (including phenoxy) is 1. The van der Waals surface area contributed by atoms with E-state index in [2.05, 4.69) is 44.4 Å². The van der Waals surface area contributed by atoms with Gasteiger partial charge in [0.25, 0.3) is 0 Å². The summed E-state index contributed by atoms with van der Waals surface area (Å²) in [6, 6.07) is 19.6. The van der Waals surface area contributed by atoms with Gasteiger partial charge >= 0.3 is 6.36 Å². The number of fused-ring (bicyclic) bond motifs is 3. The molecule has 2 aliphatic rings. The molecule has 0 unspecified atom stereocenters. The zero-order valence-corrected chi connectivity index (χ0v) is 23.6. The summed E-state index contributed by atoms with van der Waals surface area (Å²) in [6.45, 7) is 4.86. The molecular formula is C31H26F3N5O2S. The van der Waals surface area contributed by atoms with Crippen LogP contribution in [0.4, 0.5) is 18.9 Å². The highest BCUT2D eigenvalue weighted by Gasteiger charge is 2.32. The number of anilines is 1. The molecule has 4 aromatic rings. The van der Waals surface area contributed by atoms with Gasteiger partial charge in [0.05, 0.1) is 29.5 Å². The molecule has 42 heavy (non-hydrogen) atoms. The average Bonchev–Trinajstić information content (AvgIpc) is 3.56. The van der Waals surface area contributed by atoms with Crippen LogP contribution < -0.4 is 9.64 Å². The third-order valence-corrected chi connectivity index (χ3v) is 8.04. The molecule has 1 aromatic heterocycles. The molecule has 0 radical (unpaired) electrons. The van der Waals surface area contributed by atoms with Crippen molar-refractivity contribution in [3.05, 3.63) is 89.6 Å². The minimum atomic E-state index is -4.73. The van der Waals surface area contributed by atoms with Gasteiger partial charge in [-0.05, 0) is 65.4 Å². The van der Waals surface area contributed by atoms with Gasteiger partial charge in [0.1, 0.15) is 11.6 Å². The van der Waals surface area contributed by atoms with Gasteiger partial charge in [0.2, 0.25) is 5.91 Å². The van der Waals surface area contributed by atoms with Crippen LogP contribution in [0.5, 0.6) is 5.75 Å². The minimum Gasteiger partial charge on any atom is -0.406 e. The van der Waals surface area contributed by atoms with E-state index in [1.54, 1.807) is 29.4 Å². The van der Waals surface area contributed by atoms with Crippen molar-refractivity contribution in [3.63, 3.8) is 0 Å². The molecule has 0 spiro atoms. The average molecular weight is 590 g/mol. The normalized spacial score (nSPS) is 16.0. The van der Waals surface area contributed by atoms with Crippen molar-refractivity contribution in [2.75, 3.05) is 10.7 Å². The second-order valence-corrected chi connectivity index (χ2v) is 11.2. The molecule has 214 valence electrons. The Balaban J connectivity index is 1.21. The highest BCUT2D eigenvalue weighted by molar-refractivity contribution is 8.15. The third-order valence-electron chi connectivity index (χ3n) is 7.13. The fourth-order valence-corrected chi connectivity index (χ4v) is 6.04. The SMILES string of the molecule is CC(C)c1ccccc1N1C(=O)CS/C1=N\N=C\c1ccc2c(c1)CCn1c(-c3ccc(OC(F)(F)F)cc3)cnc1-2. The lowest BCUT2D eigenvalue weighted by Gasteiger charge is -2.21. The quantitative estimate of drug-likeness (QED) is 0.175. The molecule has 0 bridgehead atoms. The number of nitrogens with zero attached hydrogens (tertiary/aromatic N) is 5. The van der Waals surface area contributed by atoms with Crippen molar-refractivity contribution >= 4 is 34.7 Å². The number of amides is 1. The summed E-state index contributed by atoms with van der Waals surface area (Å²) in [4.78, 5) is 19.0. The summed E-state index contributed by atoms with van der Waals surface area (Å²) >= 11 is 1.37. The molecule has 1 amide bonds. The number of amidine groups is 1. The van der Waals surface area contributed by atoms with E-state index in [1.165, 1.54) is 23.9 Å². The maximum absolute atomic E-state index is 12.7. The Morgan fingerprint density at radius 2 is 1.86 bits per heavy atom. The first-order valence-corrected chi connectivity index (χ1v) is 14.4. The summed E-state index contributed by atoms with van der Waals surface area (Å²) in [7, 11) is 0. The summed E-state index contributed by atoms with van der Waals surface area (Å²) < 4.78 is 43.6. The molecule has 0 atom stereocenters. The number of halogens is 3. The van der Waals surface area contributed by atoms with E-state index in [0.717, 1.165) is 51.4 Å². The van der Waals surface area contributed by atoms with Crippen molar-refractivity contribution in [1.29, 1.82) is 0 Å². The molecule has 6 rings (SSSR count). The Labute approximate surface area is 244 Å². The highest BCUT2D eigenvalue weighted by Crippen LogP contribution is 2.35. The van der Waals surface area contributed by atoms with Crippen LogP contribution in [0, 0.1) is 0 Å². The molecule has 0 saturated carbocycles. The van der Waals surface area contributed by atoms with E-state index < -0.39 is 6.36 Å². The highest BCUT2D eigenvalue weighted by atomic mass is 32.2. The molecule has 11 heteroatoms. The van der Waals surface area contributed by atoms with Gasteiger partial charge in [-0.2, -0.15) is 5.10 Å². The van der Waals surface area contributed by atoms with E-state index in [0.29, 0.717) is 17.5 Å². The van der Waals surface area contributed by atoms with E-state index >= 15 is 0 Å². The van der Waals surface area contributed by atoms with E-state index in [1.807, 2.05) is 36.4 Å². The number of aryl methyl sites for hydroxylation is 1. The lowest BCUT2D eigenvalue weighted by atomic mass is 9.98. The topological polar surface area (TPSA) is 72.1 Å². The van der Waals surface area contributed by atoms with Crippen LogP contribution >= 0.6 is 11.8 Å². The van der Waals surface area contributed by atoms with Crippen LogP contribution in [-0.4, -0.2) is 39.0 Å². The summed E-state index contributed by atoms with van der Waals surface area (Å²) in [6.07, 6.45) is -0.563. The lowest BCUT2D eigenvalue weighted by molar-refractivity contribution is -0.274. The van der Waals surface area contributed by atoms with Crippen LogP contribution in [0.25, 0.3) is 22.6 Å². The molecule has 2 aliphatic heterocycles. The van der Waals surface area contributed by atoms with Gasteiger partial charge < -0.3 is 9.30 Å². The first-order chi connectivity index (χ1) is 20.2. The smallest absolute Gasteiger partial charge is 0.406 e. The number of imidazole rings is 1. The van der Waals surface area contributed by atoms with E-state index in [9.17, 15) is 18.0 Å². The second kappa shape index (κ2) is 11.1. The maximum Gasteiger partial charge on any atom is 0.573 e. The minimum absolute atomic E-state index is 0.0173. The van der Waals surface area contributed by atoms with Crippen molar-refractivity contribution in [2.45, 2.75) is 39.1 Å². The lowest BCUT2D eigenvalue weighted by Crippen LogP contribution is -2.30. The van der Waals surface area contributed by atoms with Gasteiger partial charge in [-0.15, -0.1) is 18.3 Å². The molecule has 3 aromatic carbocycles. The molecule has 1 saturated heterocycles. The van der Waals surface area contributed by atoms with Gasteiger partial charge in [-0.25, -0.2) is 4.98 Å². The van der Waals surface area contributed by atoms with Gasteiger partial charge in [0, 0.05) is 17.7 Å². The Hall–Kier alpha value is -4.38. The molecule has 0 aliphatic carbocycles. The number of carbonyl (C=O) groups excluding carboxylic acids is 1. The first kappa shape index (κ1) is 27.8. The number of aromatic nitrogens is 2.